The zero-order valence-electron chi connectivity index (χ0n) is 18.8. The number of fused-ring (bicyclic) bond motifs is 2. The maximum atomic E-state index is 13.2. The van der Waals surface area contributed by atoms with E-state index in [4.69, 9.17) is 5.26 Å². The molecule has 35 heavy (non-hydrogen) atoms. The van der Waals surface area contributed by atoms with Crippen molar-refractivity contribution < 1.29 is 13.2 Å². The SMILES string of the molecule is N#Cc1ccc(CC(=O)N2CCc3ccc(NS(=O)(=O)c4cccc5cccnc45)cc3C2)cc1. The number of aromatic nitrogens is 1. The molecule has 1 aliphatic heterocycles. The Balaban J connectivity index is 1.34. The first kappa shape index (κ1) is 22.6. The molecule has 8 heteroatoms. The zero-order chi connectivity index (χ0) is 24.4. The summed E-state index contributed by atoms with van der Waals surface area (Å²) >= 11 is 0. The molecule has 0 saturated carbocycles. The largest absolute Gasteiger partial charge is 0.338 e. The van der Waals surface area contributed by atoms with E-state index in [0.29, 0.717) is 36.3 Å². The molecule has 5 rings (SSSR count). The van der Waals surface area contributed by atoms with Crippen molar-refractivity contribution in [2.75, 3.05) is 11.3 Å². The molecule has 0 spiro atoms. The van der Waals surface area contributed by atoms with Crippen molar-refractivity contribution >= 4 is 32.5 Å². The van der Waals surface area contributed by atoms with Crippen molar-refractivity contribution in [1.82, 2.24) is 9.88 Å². The number of nitrogens with zero attached hydrogens (tertiary/aromatic N) is 3. The quantitative estimate of drug-likeness (QED) is 0.463. The van der Waals surface area contributed by atoms with E-state index in [1.165, 1.54) is 0 Å². The number of sulfonamides is 1. The van der Waals surface area contributed by atoms with E-state index in [-0.39, 0.29) is 17.2 Å². The fourth-order valence-electron chi connectivity index (χ4n) is 4.32. The first-order valence-corrected chi connectivity index (χ1v) is 12.7. The predicted octanol–water partition coefficient (Wildman–Crippen LogP) is 4.03. The highest BCUT2D eigenvalue weighted by Gasteiger charge is 2.23. The summed E-state index contributed by atoms with van der Waals surface area (Å²) in [6, 6.07) is 23.2. The number of hydrogen-bond acceptors (Lipinski definition) is 5. The molecule has 7 nitrogen and oxygen atoms in total. The van der Waals surface area contributed by atoms with Crippen LogP contribution in [0.4, 0.5) is 5.69 Å². The van der Waals surface area contributed by atoms with Crippen LogP contribution in [0.2, 0.25) is 0 Å². The first-order valence-electron chi connectivity index (χ1n) is 11.2. The molecular weight excluding hydrogens is 460 g/mol. The number of hydrogen-bond donors (Lipinski definition) is 1. The fraction of sp³-hybridized carbons (Fsp3) is 0.148. The summed E-state index contributed by atoms with van der Waals surface area (Å²) in [6.45, 7) is 1.02. The Morgan fingerprint density at radius 1 is 1.03 bits per heavy atom. The Bertz CT molecular complexity index is 1570. The summed E-state index contributed by atoms with van der Waals surface area (Å²) in [5.74, 6) is -0.00632. The molecule has 0 bridgehead atoms. The van der Waals surface area contributed by atoms with Gasteiger partial charge in [0, 0.05) is 30.4 Å². The highest BCUT2D eigenvalue weighted by atomic mass is 32.2. The third-order valence-corrected chi connectivity index (χ3v) is 7.56. The van der Waals surface area contributed by atoms with Crippen LogP contribution in [0.5, 0.6) is 0 Å². The number of para-hydroxylation sites is 1. The van der Waals surface area contributed by atoms with Crippen molar-refractivity contribution in [3.8, 4) is 6.07 Å². The second-order valence-corrected chi connectivity index (χ2v) is 10.1. The van der Waals surface area contributed by atoms with Crippen LogP contribution in [0, 0.1) is 11.3 Å². The van der Waals surface area contributed by atoms with Crippen LogP contribution >= 0.6 is 0 Å². The lowest BCUT2D eigenvalue weighted by Gasteiger charge is -2.29. The Morgan fingerprint density at radius 3 is 2.63 bits per heavy atom. The molecule has 174 valence electrons. The van der Waals surface area contributed by atoms with E-state index >= 15 is 0 Å². The number of nitrogens with one attached hydrogen (secondary N) is 1. The minimum Gasteiger partial charge on any atom is -0.338 e. The lowest BCUT2D eigenvalue weighted by Crippen LogP contribution is -2.37. The van der Waals surface area contributed by atoms with E-state index < -0.39 is 10.0 Å². The second-order valence-electron chi connectivity index (χ2n) is 8.47. The molecule has 0 unspecified atom stereocenters. The number of anilines is 1. The predicted molar refractivity (Wildman–Crippen MR) is 133 cm³/mol. The minimum absolute atomic E-state index is 0.00632. The minimum atomic E-state index is -3.86. The van der Waals surface area contributed by atoms with E-state index in [1.54, 1.807) is 65.7 Å². The maximum absolute atomic E-state index is 13.2. The number of carbonyl (C=O) groups is 1. The average molecular weight is 483 g/mol. The van der Waals surface area contributed by atoms with E-state index in [0.717, 1.165) is 22.1 Å². The summed E-state index contributed by atoms with van der Waals surface area (Å²) < 4.78 is 29.0. The van der Waals surface area contributed by atoms with Gasteiger partial charge in [-0.05, 0) is 59.5 Å². The molecule has 3 aromatic carbocycles. The van der Waals surface area contributed by atoms with Gasteiger partial charge in [0.05, 0.1) is 23.6 Å². The molecule has 0 aliphatic carbocycles. The topological polar surface area (TPSA) is 103 Å². The van der Waals surface area contributed by atoms with Gasteiger partial charge in [0.15, 0.2) is 0 Å². The van der Waals surface area contributed by atoms with Crippen LogP contribution in [0.3, 0.4) is 0 Å². The molecule has 1 amide bonds. The third kappa shape index (κ3) is 4.72. The van der Waals surface area contributed by atoms with Crippen molar-refractivity contribution in [2.45, 2.75) is 24.3 Å². The molecule has 0 radical (unpaired) electrons. The standard InChI is InChI=1S/C27H22N4O3S/c28-17-20-8-6-19(7-9-20)15-26(32)31-14-12-21-10-11-24(16-23(21)18-31)30-35(33,34)25-5-1-3-22-4-2-13-29-27(22)25/h1-11,13,16,30H,12,14-15,18H2. The lowest BCUT2D eigenvalue weighted by molar-refractivity contribution is -0.131. The van der Waals surface area contributed by atoms with Gasteiger partial charge in [0.1, 0.15) is 4.90 Å². The average Bonchev–Trinajstić information content (AvgIpc) is 2.88. The van der Waals surface area contributed by atoms with Crippen LogP contribution in [-0.2, 0) is 34.2 Å². The summed E-state index contributed by atoms with van der Waals surface area (Å²) in [4.78, 5) is 19.1. The number of pyridine rings is 1. The number of amides is 1. The first-order chi connectivity index (χ1) is 16.9. The highest BCUT2D eigenvalue weighted by Crippen LogP contribution is 2.27. The summed E-state index contributed by atoms with van der Waals surface area (Å²) in [6.07, 6.45) is 2.53. The van der Waals surface area contributed by atoms with Crippen molar-refractivity contribution in [3.05, 3.63) is 101 Å². The molecule has 2 heterocycles. The number of benzene rings is 3. The Labute approximate surface area is 203 Å². The van der Waals surface area contributed by atoms with Gasteiger partial charge in [0.2, 0.25) is 5.91 Å². The van der Waals surface area contributed by atoms with E-state index in [2.05, 4.69) is 15.8 Å². The molecule has 1 aliphatic rings. The van der Waals surface area contributed by atoms with Gasteiger partial charge in [-0.25, -0.2) is 8.42 Å². The van der Waals surface area contributed by atoms with Gasteiger partial charge in [0.25, 0.3) is 10.0 Å². The van der Waals surface area contributed by atoms with E-state index in [9.17, 15) is 13.2 Å². The van der Waals surface area contributed by atoms with Gasteiger partial charge in [-0.15, -0.1) is 0 Å². The van der Waals surface area contributed by atoms with Gasteiger partial charge < -0.3 is 4.90 Å². The fourth-order valence-corrected chi connectivity index (χ4v) is 5.55. The molecule has 4 aromatic rings. The molecule has 0 fully saturated rings. The Kier molecular flexibility index (Phi) is 5.93. The van der Waals surface area contributed by atoms with Gasteiger partial charge in [-0.2, -0.15) is 5.26 Å². The molecular formula is C27H22N4O3S. The van der Waals surface area contributed by atoms with E-state index in [1.807, 2.05) is 18.2 Å². The van der Waals surface area contributed by atoms with Crippen LogP contribution in [0.25, 0.3) is 10.9 Å². The van der Waals surface area contributed by atoms with Crippen LogP contribution in [0.1, 0.15) is 22.3 Å². The van der Waals surface area contributed by atoms with Crippen LogP contribution < -0.4 is 4.72 Å². The monoisotopic (exact) mass is 482 g/mol. The third-order valence-electron chi connectivity index (χ3n) is 6.15. The number of rotatable bonds is 5. The summed E-state index contributed by atoms with van der Waals surface area (Å²) in [5.41, 5.74) is 4.29. The van der Waals surface area contributed by atoms with Gasteiger partial charge in [-0.3, -0.25) is 14.5 Å². The van der Waals surface area contributed by atoms with Gasteiger partial charge in [-0.1, -0.05) is 36.4 Å². The van der Waals surface area contributed by atoms with Crippen molar-refractivity contribution in [3.63, 3.8) is 0 Å². The molecule has 1 N–H and O–H groups in total. The highest BCUT2D eigenvalue weighted by molar-refractivity contribution is 7.93. The smallest absolute Gasteiger partial charge is 0.264 e. The molecule has 0 saturated heterocycles. The van der Waals surface area contributed by atoms with Gasteiger partial charge >= 0.3 is 0 Å². The second kappa shape index (κ2) is 9.20. The van der Waals surface area contributed by atoms with Crippen molar-refractivity contribution in [2.24, 2.45) is 0 Å². The normalized spacial score (nSPS) is 13.2. The Hall–Kier alpha value is -4.22. The molecule has 0 atom stereocenters. The molecule has 1 aromatic heterocycles. The van der Waals surface area contributed by atoms with Crippen molar-refractivity contribution in [1.29, 1.82) is 5.26 Å². The summed E-state index contributed by atoms with van der Waals surface area (Å²) in [5, 5.41) is 9.69. The number of carbonyl (C=O) groups excluding carboxylic acids is 1. The maximum Gasteiger partial charge on any atom is 0.264 e. The Morgan fingerprint density at radius 2 is 1.83 bits per heavy atom. The lowest BCUT2D eigenvalue weighted by atomic mass is 9.98. The summed E-state index contributed by atoms with van der Waals surface area (Å²) in [7, 11) is -3.86. The zero-order valence-corrected chi connectivity index (χ0v) is 19.6. The number of nitriles is 1. The van der Waals surface area contributed by atoms with Crippen LogP contribution in [-0.4, -0.2) is 30.8 Å². The van der Waals surface area contributed by atoms with Crippen LogP contribution in [0.15, 0.2) is 83.9 Å².